The number of nitro benzene ring substituents is 1. The summed E-state index contributed by atoms with van der Waals surface area (Å²) in [6, 6.07) is 28.9. The van der Waals surface area contributed by atoms with E-state index in [1.165, 1.54) is 22.8 Å². The highest BCUT2D eigenvalue weighted by atomic mass is 32.2. The maximum atomic E-state index is 14.2. The van der Waals surface area contributed by atoms with Crippen molar-refractivity contribution in [1.29, 1.82) is 0 Å². The smallest absolute Gasteiger partial charge is 0.297 e. The minimum Gasteiger partial charge on any atom is -0.497 e. The zero-order valence-electron chi connectivity index (χ0n) is 43.5. The van der Waals surface area contributed by atoms with Crippen molar-refractivity contribution in [2.75, 3.05) is 56.7 Å². The molecule has 5 heterocycles. The van der Waals surface area contributed by atoms with E-state index in [2.05, 4.69) is 85.0 Å². The molecule has 3 aliphatic heterocycles. The molecule has 2 aromatic heterocycles. The van der Waals surface area contributed by atoms with Gasteiger partial charge in [-0.1, -0.05) is 50.2 Å². The first-order valence-corrected chi connectivity index (χ1v) is 28.3. The topological polar surface area (TPSA) is 205 Å². The zero-order valence-corrected chi connectivity index (χ0v) is 44.3. The lowest BCUT2D eigenvalue weighted by Crippen LogP contribution is -2.60. The second-order valence-electron chi connectivity index (χ2n) is 22.1. The monoisotopic (exact) mass is 1050 g/mol. The molecular weight excluding hydrogens is 985 g/mol. The van der Waals surface area contributed by atoms with Gasteiger partial charge in [0.1, 0.15) is 29.5 Å². The quantitative estimate of drug-likeness (QED) is 0.0558. The van der Waals surface area contributed by atoms with E-state index in [-0.39, 0.29) is 53.0 Å². The number of carbonyl (C=O) groups excluding carboxylic acids is 1. The molecule has 1 spiro atoms. The van der Waals surface area contributed by atoms with Crippen LogP contribution in [0.25, 0.3) is 11.0 Å². The molecule has 0 unspecified atom stereocenters. The fourth-order valence-corrected chi connectivity index (χ4v) is 13.7. The number of nitro groups is 1. The number of pyridine rings is 1. The summed E-state index contributed by atoms with van der Waals surface area (Å²) in [6.07, 6.45) is 11.1. The van der Waals surface area contributed by atoms with E-state index in [9.17, 15) is 28.4 Å². The van der Waals surface area contributed by atoms with Crippen molar-refractivity contribution < 1.29 is 37.5 Å². The van der Waals surface area contributed by atoms with Crippen LogP contribution in [0, 0.1) is 21.4 Å². The van der Waals surface area contributed by atoms with E-state index < -0.39 is 31.4 Å². The number of fused-ring (bicyclic) bond motifs is 2. The summed E-state index contributed by atoms with van der Waals surface area (Å²) >= 11 is 0. The van der Waals surface area contributed by atoms with Gasteiger partial charge in [-0.25, -0.2) is 18.1 Å². The Bertz CT molecular complexity index is 3200. The molecule has 11 rings (SSSR count). The van der Waals surface area contributed by atoms with E-state index in [0.29, 0.717) is 48.5 Å². The Morgan fingerprint density at radius 3 is 2.49 bits per heavy atom. The summed E-state index contributed by atoms with van der Waals surface area (Å²) in [4.78, 5) is 40.8. The van der Waals surface area contributed by atoms with Gasteiger partial charge in [0.05, 0.1) is 40.8 Å². The maximum Gasteiger partial charge on any atom is 0.297 e. The molecule has 4 aromatic carbocycles. The highest BCUT2D eigenvalue weighted by molar-refractivity contribution is 7.90. The van der Waals surface area contributed by atoms with Gasteiger partial charge in [0.15, 0.2) is 11.4 Å². The summed E-state index contributed by atoms with van der Waals surface area (Å²) < 4.78 is 48.1. The van der Waals surface area contributed by atoms with Crippen LogP contribution in [-0.4, -0.2) is 109 Å². The Kier molecular flexibility index (Phi) is 14.4. The van der Waals surface area contributed by atoms with Crippen LogP contribution in [0.2, 0.25) is 0 Å². The van der Waals surface area contributed by atoms with E-state index in [1.807, 2.05) is 24.3 Å². The lowest BCUT2D eigenvalue weighted by atomic mass is 9.59. The van der Waals surface area contributed by atoms with Gasteiger partial charge in [0, 0.05) is 86.8 Å². The Balaban J connectivity index is 0.787. The minimum absolute atomic E-state index is 0.00947. The number of aliphatic hydroxyl groups is 1. The van der Waals surface area contributed by atoms with Crippen molar-refractivity contribution in [2.45, 2.75) is 113 Å². The number of ether oxygens (including phenoxy) is 3. The third-order valence-corrected chi connectivity index (χ3v) is 18.2. The number of methoxy groups -OCH3 is 1. The number of aromatic nitrogens is 2. The molecule has 5 aliphatic rings. The molecule has 4 fully saturated rings. The lowest BCUT2D eigenvalue weighted by Gasteiger charge is -2.58. The first kappa shape index (κ1) is 51.4. The molecule has 2 aliphatic carbocycles. The Morgan fingerprint density at radius 2 is 1.74 bits per heavy atom. The predicted molar refractivity (Wildman–Crippen MR) is 291 cm³/mol. The average Bonchev–Trinajstić information content (AvgIpc) is 3.90. The number of hydrogen-bond donors (Lipinski definition) is 4. The van der Waals surface area contributed by atoms with Gasteiger partial charge >= 0.3 is 0 Å². The summed E-state index contributed by atoms with van der Waals surface area (Å²) in [7, 11) is -2.97. The third-order valence-electron chi connectivity index (χ3n) is 16.9. The normalized spacial score (nSPS) is 22.1. The van der Waals surface area contributed by atoms with E-state index in [4.69, 9.17) is 14.2 Å². The minimum atomic E-state index is -4.67. The summed E-state index contributed by atoms with van der Waals surface area (Å²) in [5, 5.41) is 26.4. The molecule has 76 heavy (non-hydrogen) atoms. The Morgan fingerprint density at radius 1 is 0.961 bits per heavy atom. The van der Waals surface area contributed by atoms with Crippen LogP contribution in [0.4, 0.5) is 17.1 Å². The van der Waals surface area contributed by atoms with Gasteiger partial charge in [-0.05, 0) is 128 Å². The molecule has 17 nitrogen and oxygen atoms in total. The number of carbonyl (C=O) groups is 1. The SMILES string of the molecule is COc1ccc(CN2CCN(C3CC4(CCN(c5ccc(C(=O)NS(=O)(=O)c6cc7c(c([N+](=O)[O-])c6)N[C@H](C[C@H]6CC[C@H](O)CC6)CO7)c(Oc6cnc7[nH]ccc7c6)c5)CC4)C3)[C@H](c3ccccc3C(C)C)C2)cc1. The van der Waals surface area contributed by atoms with Crippen molar-refractivity contribution in [3.8, 4) is 23.0 Å². The number of nitrogens with one attached hydrogen (secondary N) is 3. The summed E-state index contributed by atoms with van der Waals surface area (Å²) in [6.45, 7) is 10.2. The van der Waals surface area contributed by atoms with Crippen molar-refractivity contribution in [3.63, 3.8) is 0 Å². The standard InChI is InChI=1S/C58H68N8O9S/c1-37(2)48-6-4-5-7-49(48)52-35-63(34-39-10-15-45(73-3)16-11-39)24-25-65(52)43-31-58(32-43)19-22-64(23-20-58)42-12-17-50(53(28-42)75-46-27-40-18-21-59-56(40)60-33-46)57(68)62-76(71,72)47-29-51(66(69)70)55-54(30-47)74-36-41(61-55)26-38-8-13-44(67)14-9-38/h4-7,10-12,15-18,21,27-30,33,37-38,41,43-44,52,61,67H,8-9,13-14,19-20,22-26,31-32,34-36H2,1-3H3,(H,59,60)(H,62,68)/t38-,41-,44-,52+/m1/s1. The number of sulfonamides is 1. The van der Waals surface area contributed by atoms with Gasteiger partial charge in [-0.2, -0.15) is 0 Å². The maximum absolute atomic E-state index is 14.2. The Labute approximate surface area is 444 Å². The fourth-order valence-electron chi connectivity index (χ4n) is 12.7. The van der Waals surface area contributed by atoms with Gasteiger partial charge < -0.3 is 34.5 Å². The third kappa shape index (κ3) is 10.8. The van der Waals surface area contributed by atoms with Crippen LogP contribution in [0.3, 0.4) is 0 Å². The summed E-state index contributed by atoms with van der Waals surface area (Å²) in [5.41, 5.74) is 5.42. The van der Waals surface area contributed by atoms with Crippen molar-refractivity contribution >= 4 is 44.0 Å². The molecule has 400 valence electrons. The van der Waals surface area contributed by atoms with Crippen LogP contribution in [0.15, 0.2) is 108 Å². The number of nitrogens with zero attached hydrogens (tertiary/aromatic N) is 5. The second-order valence-corrected chi connectivity index (χ2v) is 23.8. The van der Waals surface area contributed by atoms with Crippen LogP contribution in [0.1, 0.15) is 111 Å². The lowest BCUT2D eigenvalue weighted by molar-refractivity contribution is -0.384. The number of H-pyrrole nitrogens is 1. The largest absolute Gasteiger partial charge is 0.497 e. The number of benzene rings is 4. The van der Waals surface area contributed by atoms with E-state index in [1.54, 1.807) is 37.7 Å². The fraction of sp³-hybridized carbons (Fsp3) is 0.448. The van der Waals surface area contributed by atoms with Crippen LogP contribution in [0.5, 0.6) is 23.0 Å². The molecule has 2 saturated heterocycles. The number of aromatic amines is 1. The number of rotatable bonds is 15. The first-order valence-electron chi connectivity index (χ1n) is 26.9. The van der Waals surface area contributed by atoms with E-state index >= 15 is 0 Å². The molecule has 0 radical (unpaired) electrons. The van der Waals surface area contributed by atoms with Gasteiger partial charge in [-0.3, -0.25) is 24.7 Å². The average molecular weight is 1050 g/mol. The van der Waals surface area contributed by atoms with Gasteiger partial charge in [0.25, 0.3) is 21.6 Å². The van der Waals surface area contributed by atoms with E-state index in [0.717, 1.165) is 101 Å². The predicted octanol–water partition coefficient (Wildman–Crippen LogP) is 9.94. The number of amides is 1. The number of piperidine rings is 1. The molecule has 6 aromatic rings. The Hall–Kier alpha value is -6.73. The molecule has 0 bridgehead atoms. The van der Waals surface area contributed by atoms with Crippen LogP contribution >= 0.6 is 0 Å². The van der Waals surface area contributed by atoms with Crippen LogP contribution in [-0.2, 0) is 16.6 Å². The molecule has 18 heteroatoms. The van der Waals surface area contributed by atoms with Crippen LogP contribution < -0.4 is 29.1 Å². The second kappa shape index (κ2) is 21.4. The number of aliphatic hydroxyl groups excluding tert-OH is 1. The summed E-state index contributed by atoms with van der Waals surface area (Å²) in [5.74, 6) is 1.13. The number of hydrogen-bond acceptors (Lipinski definition) is 14. The molecule has 2 saturated carbocycles. The molecule has 2 atom stereocenters. The van der Waals surface area contributed by atoms with Crippen molar-refractivity contribution in [1.82, 2.24) is 24.5 Å². The molecule has 4 N–H and O–H groups in total. The van der Waals surface area contributed by atoms with Gasteiger partial charge in [-0.15, -0.1) is 0 Å². The zero-order chi connectivity index (χ0) is 52.7. The first-order chi connectivity index (χ1) is 36.7. The van der Waals surface area contributed by atoms with Gasteiger partial charge in [0.2, 0.25) is 0 Å². The highest BCUT2D eigenvalue weighted by Gasteiger charge is 2.50. The molecular formula is C58H68N8O9S. The van der Waals surface area contributed by atoms with Crippen molar-refractivity contribution in [3.05, 3.63) is 136 Å². The number of anilines is 2. The highest BCUT2D eigenvalue weighted by Crippen LogP contribution is 2.54. The number of piperazine rings is 1. The molecule has 1 amide bonds. The van der Waals surface area contributed by atoms with Crippen molar-refractivity contribution in [2.24, 2.45) is 11.3 Å².